The lowest BCUT2D eigenvalue weighted by Crippen LogP contribution is -2.32. The highest BCUT2D eigenvalue weighted by molar-refractivity contribution is 5.75. The van der Waals surface area contributed by atoms with Crippen molar-refractivity contribution in [1.29, 1.82) is 0 Å². The van der Waals surface area contributed by atoms with E-state index in [4.69, 9.17) is 48.5 Å². The Balaban J connectivity index is 0. The smallest absolute Gasteiger partial charge is 0.320 e. The molecule has 0 bridgehead atoms. The van der Waals surface area contributed by atoms with E-state index in [1.165, 1.54) is 0 Å². The summed E-state index contributed by atoms with van der Waals surface area (Å²) in [6, 6.07) is 6.50. The average Bonchev–Trinajstić information content (AvgIpc) is 3.44. The number of benzene rings is 1. The lowest BCUT2D eigenvalue weighted by atomic mass is 10.1. The minimum atomic E-state index is -1.17. The van der Waals surface area contributed by atoms with E-state index in [2.05, 4.69) is 5.32 Å². The molecule has 228 valence electrons. The van der Waals surface area contributed by atoms with Crippen LogP contribution in [0.15, 0.2) is 30.3 Å². The van der Waals surface area contributed by atoms with Crippen LogP contribution in [0.4, 0.5) is 0 Å². The summed E-state index contributed by atoms with van der Waals surface area (Å²) >= 11 is 0. The summed E-state index contributed by atoms with van der Waals surface area (Å²) in [6.07, 6.45) is 4.11. The van der Waals surface area contributed by atoms with Crippen LogP contribution >= 0.6 is 0 Å². The number of carboxylic acid groups (broad SMARTS) is 5. The van der Waals surface area contributed by atoms with E-state index in [1.54, 1.807) is 0 Å². The summed E-state index contributed by atoms with van der Waals surface area (Å²) in [7, 11) is 0. The van der Waals surface area contributed by atoms with Gasteiger partial charge in [0.15, 0.2) is 0 Å². The predicted molar refractivity (Wildman–Crippen MR) is 145 cm³/mol. The zero-order valence-electron chi connectivity index (χ0n) is 22.4. The van der Waals surface area contributed by atoms with Gasteiger partial charge in [0.25, 0.3) is 0 Å². The zero-order chi connectivity index (χ0) is 31.1. The highest BCUT2D eigenvalue weighted by Gasteiger charge is 2.20. The molecule has 1 saturated heterocycles. The fourth-order valence-corrected chi connectivity index (χ4v) is 2.89. The first kappa shape index (κ1) is 38.5. The van der Waals surface area contributed by atoms with Crippen LogP contribution in [-0.4, -0.2) is 92.6 Å². The van der Waals surface area contributed by atoms with E-state index in [0.717, 1.165) is 37.8 Å². The lowest BCUT2D eigenvalue weighted by Gasteiger charge is -2.04. The van der Waals surface area contributed by atoms with Crippen LogP contribution in [0.2, 0.25) is 0 Å². The number of hydrogen-bond donors (Lipinski definition) is 10. The Morgan fingerprint density at radius 1 is 0.800 bits per heavy atom. The minimum Gasteiger partial charge on any atom is -0.481 e. The van der Waals surface area contributed by atoms with Crippen molar-refractivity contribution in [3.05, 3.63) is 35.9 Å². The fourth-order valence-electron chi connectivity index (χ4n) is 2.89. The van der Waals surface area contributed by atoms with Crippen LogP contribution in [0.25, 0.3) is 0 Å². The second kappa shape index (κ2) is 23.3. The van der Waals surface area contributed by atoms with Gasteiger partial charge in [-0.2, -0.15) is 0 Å². The number of nitrogens with two attached hydrogens (primary N) is 4. The topological polar surface area (TPSA) is 303 Å². The van der Waals surface area contributed by atoms with Gasteiger partial charge in [-0.25, -0.2) is 0 Å². The molecular weight excluding hydrogens is 530 g/mol. The molecule has 0 spiro atoms. The van der Waals surface area contributed by atoms with E-state index >= 15 is 0 Å². The molecule has 1 aliphatic rings. The van der Waals surface area contributed by atoms with Crippen molar-refractivity contribution < 1.29 is 49.5 Å². The van der Waals surface area contributed by atoms with Gasteiger partial charge in [0.2, 0.25) is 0 Å². The van der Waals surface area contributed by atoms with E-state index in [0.29, 0.717) is 19.4 Å². The molecule has 1 aromatic carbocycles. The van der Waals surface area contributed by atoms with Crippen molar-refractivity contribution in [3.63, 3.8) is 0 Å². The lowest BCUT2D eigenvalue weighted by molar-refractivity contribution is -0.141. The van der Waals surface area contributed by atoms with Crippen LogP contribution in [0.3, 0.4) is 0 Å². The fraction of sp³-hybridized carbons (Fsp3) is 0.560. The summed E-state index contributed by atoms with van der Waals surface area (Å²) < 4.78 is 0. The Hall–Kier alpha value is -3.63. The largest absolute Gasteiger partial charge is 0.481 e. The van der Waals surface area contributed by atoms with Crippen LogP contribution in [0.1, 0.15) is 50.5 Å². The quantitative estimate of drug-likeness (QED) is 0.130. The maximum absolute atomic E-state index is 10.4. The van der Waals surface area contributed by atoms with Gasteiger partial charge in [0, 0.05) is 6.42 Å². The average molecular weight is 574 g/mol. The number of carbonyl (C=O) groups is 5. The number of rotatable bonds is 13. The van der Waals surface area contributed by atoms with Crippen molar-refractivity contribution in [2.45, 2.75) is 75.5 Å². The third-order valence-electron chi connectivity index (χ3n) is 5.25. The molecular formula is C25H43N5O10. The molecule has 4 atom stereocenters. The standard InChI is InChI=1S/C9H11NO2.C6H14N2O2.C5H9NO4.C5H9NO2/c10-8(9(11)12)6-7-4-2-1-3-5-7;7-4-2-1-3-5(8)6(9)10;6-3(5(9)10)1-2-4(7)8;7-5(8)4-2-1-3-6-4/h1-5,8H,6,10H2,(H,11,12);5H,1-4,7-8H2,(H,9,10);3H,1-2,6H2,(H,7,8)(H,9,10);4,6H,1-3H2,(H,7,8)/t;;;4-/m...0/s1. The number of nitrogens with one attached hydrogen (secondary N) is 1. The highest BCUT2D eigenvalue weighted by Crippen LogP contribution is 2.03. The molecule has 0 aliphatic carbocycles. The molecule has 1 aromatic rings. The van der Waals surface area contributed by atoms with E-state index in [-0.39, 0.29) is 18.9 Å². The monoisotopic (exact) mass is 573 g/mol. The Bertz CT molecular complexity index is 882. The number of unbranched alkanes of at least 4 members (excludes halogenated alkanes) is 1. The van der Waals surface area contributed by atoms with Crippen molar-refractivity contribution in [2.75, 3.05) is 13.1 Å². The summed E-state index contributed by atoms with van der Waals surface area (Å²) in [4.78, 5) is 50.5. The van der Waals surface area contributed by atoms with Crippen LogP contribution in [0.5, 0.6) is 0 Å². The number of hydrogen-bond acceptors (Lipinski definition) is 10. The molecule has 0 radical (unpaired) electrons. The first-order chi connectivity index (χ1) is 18.7. The Morgan fingerprint density at radius 2 is 1.32 bits per heavy atom. The highest BCUT2D eigenvalue weighted by atomic mass is 16.4. The molecule has 0 amide bonds. The maximum Gasteiger partial charge on any atom is 0.320 e. The third kappa shape index (κ3) is 22.4. The molecule has 1 fully saturated rings. The molecule has 3 unspecified atom stereocenters. The van der Waals surface area contributed by atoms with Gasteiger partial charge < -0.3 is 53.8 Å². The van der Waals surface area contributed by atoms with Crippen LogP contribution in [0, 0.1) is 0 Å². The van der Waals surface area contributed by atoms with Gasteiger partial charge >= 0.3 is 29.8 Å². The second-order valence-corrected chi connectivity index (χ2v) is 8.73. The van der Waals surface area contributed by atoms with Gasteiger partial charge in [-0.15, -0.1) is 0 Å². The van der Waals surface area contributed by atoms with Gasteiger partial charge in [-0.05, 0) is 57.2 Å². The van der Waals surface area contributed by atoms with Gasteiger partial charge in [-0.3, -0.25) is 24.0 Å². The van der Waals surface area contributed by atoms with Crippen molar-refractivity contribution in [1.82, 2.24) is 5.32 Å². The molecule has 15 nitrogen and oxygen atoms in total. The minimum absolute atomic E-state index is 0.0231. The van der Waals surface area contributed by atoms with E-state index in [9.17, 15) is 24.0 Å². The molecule has 1 heterocycles. The van der Waals surface area contributed by atoms with Crippen molar-refractivity contribution in [2.24, 2.45) is 22.9 Å². The van der Waals surface area contributed by atoms with Crippen LogP contribution < -0.4 is 28.3 Å². The van der Waals surface area contributed by atoms with Gasteiger partial charge in [-0.1, -0.05) is 36.8 Å². The Labute approximate surface area is 232 Å². The summed E-state index contributed by atoms with van der Waals surface area (Å²) in [5.41, 5.74) is 21.7. The van der Waals surface area contributed by atoms with Gasteiger partial charge in [0.05, 0.1) is 0 Å². The molecule has 0 aromatic heterocycles. The first-order valence-corrected chi connectivity index (χ1v) is 12.6. The normalized spacial score (nSPS) is 15.8. The van der Waals surface area contributed by atoms with Crippen LogP contribution in [-0.2, 0) is 30.4 Å². The number of carboxylic acids is 5. The Kier molecular flexibility index (Phi) is 22.4. The molecule has 0 saturated carbocycles. The predicted octanol–water partition coefficient (Wildman–Crippen LogP) is -0.746. The molecule has 15 heteroatoms. The first-order valence-electron chi connectivity index (χ1n) is 12.6. The second-order valence-electron chi connectivity index (χ2n) is 8.73. The van der Waals surface area contributed by atoms with Crippen molar-refractivity contribution in [3.8, 4) is 0 Å². The van der Waals surface area contributed by atoms with E-state index < -0.39 is 48.0 Å². The zero-order valence-corrected chi connectivity index (χ0v) is 22.4. The SMILES string of the molecule is NC(CCC(=O)O)C(=O)O.NC(Cc1ccccc1)C(=O)O.NCCCCC(N)C(=O)O.O=C(O)[C@@H]1CCCN1. The summed E-state index contributed by atoms with van der Waals surface area (Å²) in [6.45, 7) is 1.46. The van der Waals surface area contributed by atoms with E-state index in [1.807, 2.05) is 30.3 Å². The number of aliphatic carboxylic acids is 5. The molecule has 1 aliphatic heterocycles. The molecule has 14 N–H and O–H groups in total. The molecule has 2 rings (SSSR count). The molecule has 40 heavy (non-hydrogen) atoms. The third-order valence-corrected chi connectivity index (χ3v) is 5.25. The van der Waals surface area contributed by atoms with Gasteiger partial charge in [0.1, 0.15) is 24.2 Å². The summed E-state index contributed by atoms with van der Waals surface area (Å²) in [5.74, 6) is -4.81. The maximum atomic E-state index is 10.4. The van der Waals surface area contributed by atoms with Crippen molar-refractivity contribution >= 4 is 29.8 Å². The Morgan fingerprint density at radius 3 is 1.70 bits per heavy atom. The summed E-state index contributed by atoms with van der Waals surface area (Å²) in [5, 5.41) is 44.3.